The van der Waals surface area contributed by atoms with E-state index in [1.54, 1.807) is 18.2 Å². The third-order valence-corrected chi connectivity index (χ3v) is 3.61. The summed E-state index contributed by atoms with van der Waals surface area (Å²) in [5, 5.41) is 10.1. The van der Waals surface area contributed by atoms with Crippen molar-refractivity contribution < 1.29 is 4.79 Å². The van der Waals surface area contributed by atoms with Crippen molar-refractivity contribution in [3.05, 3.63) is 45.0 Å². The van der Waals surface area contributed by atoms with Crippen LogP contribution in [-0.2, 0) is 5.41 Å². The third-order valence-electron chi connectivity index (χ3n) is 2.80. The molecule has 2 rings (SSSR count). The lowest BCUT2D eigenvalue weighted by Gasteiger charge is -2.14. The van der Waals surface area contributed by atoms with Gasteiger partial charge in [-0.1, -0.05) is 48.3 Å². The summed E-state index contributed by atoms with van der Waals surface area (Å²) in [6, 6.07) is 6.94. The molecule has 1 heterocycles. The Bertz CT molecular complexity index is 646. The number of carbonyl (C=O) groups excluding carboxylic acids is 1. The lowest BCUT2D eigenvalue weighted by Crippen LogP contribution is -2.13. The first-order valence-corrected chi connectivity index (χ1v) is 7.27. The minimum Gasteiger partial charge on any atom is -0.305 e. The molecule has 0 aliphatic heterocycles. The van der Waals surface area contributed by atoms with Gasteiger partial charge in [0.1, 0.15) is 0 Å². The van der Waals surface area contributed by atoms with Gasteiger partial charge in [0.15, 0.2) is 5.82 Å². The van der Waals surface area contributed by atoms with Gasteiger partial charge in [-0.05, 0) is 18.2 Å². The number of nitrogens with zero attached hydrogens (tertiary/aromatic N) is 1. The van der Waals surface area contributed by atoms with Gasteiger partial charge in [0, 0.05) is 21.6 Å². The maximum absolute atomic E-state index is 12.1. The van der Waals surface area contributed by atoms with E-state index in [0.29, 0.717) is 16.4 Å². The monoisotopic (exact) mass is 355 g/mol. The molecule has 0 aliphatic rings. The summed E-state index contributed by atoms with van der Waals surface area (Å²) in [5.74, 6) is 0.202. The standard InChI is InChI=1S/C14H15BrClN3O/c1-14(2,3)11-7-12(19-18-11)17-13(20)9-5-4-8(15)6-10(9)16/h4-7H,1-3H3,(H2,17,18,19,20). The molecule has 1 amide bonds. The van der Waals surface area contributed by atoms with Gasteiger partial charge in [-0.3, -0.25) is 9.89 Å². The summed E-state index contributed by atoms with van der Waals surface area (Å²) < 4.78 is 0.828. The number of hydrogen-bond donors (Lipinski definition) is 2. The Morgan fingerprint density at radius 1 is 1.35 bits per heavy atom. The number of H-pyrrole nitrogens is 1. The van der Waals surface area contributed by atoms with E-state index in [1.165, 1.54) is 0 Å². The third kappa shape index (κ3) is 3.41. The van der Waals surface area contributed by atoms with Crippen molar-refractivity contribution in [1.29, 1.82) is 0 Å². The highest BCUT2D eigenvalue weighted by atomic mass is 79.9. The molecule has 4 nitrogen and oxygen atoms in total. The molecule has 0 spiro atoms. The maximum Gasteiger partial charge on any atom is 0.258 e. The molecule has 106 valence electrons. The number of anilines is 1. The van der Waals surface area contributed by atoms with Crippen LogP contribution in [0.15, 0.2) is 28.7 Å². The molecule has 0 saturated heterocycles. The van der Waals surface area contributed by atoms with E-state index in [2.05, 4.69) is 52.2 Å². The fourth-order valence-corrected chi connectivity index (χ4v) is 2.39. The number of halogens is 2. The molecule has 0 fully saturated rings. The van der Waals surface area contributed by atoms with Gasteiger partial charge in [-0.2, -0.15) is 5.10 Å². The molecular formula is C14H15BrClN3O. The molecule has 0 aliphatic carbocycles. The van der Waals surface area contributed by atoms with Crippen LogP contribution >= 0.6 is 27.5 Å². The second kappa shape index (κ2) is 5.58. The van der Waals surface area contributed by atoms with Crippen LogP contribution in [0.5, 0.6) is 0 Å². The smallest absolute Gasteiger partial charge is 0.258 e. The Hall–Kier alpha value is -1.33. The van der Waals surface area contributed by atoms with Crippen LogP contribution in [0.2, 0.25) is 5.02 Å². The molecule has 20 heavy (non-hydrogen) atoms. The average Bonchev–Trinajstić information content (AvgIpc) is 2.76. The normalized spacial score (nSPS) is 11.4. The largest absolute Gasteiger partial charge is 0.305 e. The Morgan fingerprint density at radius 3 is 2.60 bits per heavy atom. The second-order valence-electron chi connectivity index (χ2n) is 5.50. The van der Waals surface area contributed by atoms with Crippen LogP contribution in [0.3, 0.4) is 0 Å². The summed E-state index contributed by atoms with van der Waals surface area (Å²) in [7, 11) is 0. The van der Waals surface area contributed by atoms with Gasteiger partial charge < -0.3 is 5.32 Å². The van der Waals surface area contributed by atoms with Crippen molar-refractivity contribution in [3.63, 3.8) is 0 Å². The van der Waals surface area contributed by atoms with Crippen LogP contribution in [0.4, 0.5) is 5.82 Å². The Morgan fingerprint density at radius 2 is 2.05 bits per heavy atom. The van der Waals surface area contributed by atoms with E-state index in [4.69, 9.17) is 11.6 Å². The fraction of sp³-hybridized carbons (Fsp3) is 0.286. The number of aromatic nitrogens is 2. The predicted octanol–water partition coefficient (Wildman–Crippen LogP) is 4.38. The molecule has 0 unspecified atom stereocenters. The Balaban J connectivity index is 2.17. The highest BCUT2D eigenvalue weighted by Crippen LogP contribution is 2.24. The molecule has 2 N–H and O–H groups in total. The molecule has 0 radical (unpaired) electrons. The van der Waals surface area contributed by atoms with Gasteiger partial charge in [0.05, 0.1) is 10.6 Å². The van der Waals surface area contributed by atoms with Crippen LogP contribution < -0.4 is 5.32 Å². The zero-order valence-corrected chi connectivity index (χ0v) is 13.8. The Labute approximate surface area is 131 Å². The molecule has 0 saturated carbocycles. The number of benzene rings is 1. The summed E-state index contributed by atoms with van der Waals surface area (Å²) in [6.45, 7) is 6.20. The number of nitrogens with one attached hydrogen (secondary N) is 2. The Kier molecular flexibility index (Phi) is 4.20. The average molecular weight is 357 g/mol. The lowest BCUT2D eigenvalue weighted by atomic mass is 9.92. The second-order valence-corrected chi connectivity index (χ2v) is 6.82. The number of carbonyl (C=O) groups is 1. The van der Waals surface area contributed by atoms with E-state index in [1.807, 2.05) is 6.07 Å². The van der Waals surface area contributed by atoms with E-state index < -0.39 is 0 Å². The number of hydrogen-bond acceptors (Lipinski definition) is 2. The molecule has 6 heteroatoms. The topological polar surface area (TPSA) is 57.8 Å². The van der Waals surface area contributed by atoms with Gasteiger partial charge in [0.25, 0.3) is 5.91 Å². The molecule has 1 aromatic carbocycles. The van der Waals surface area contributed by atoms with E-state index in [-0.39, 0.29) is 11.3 Å². The van der Waals surface area contributed by atoms with Gasteiger partial charge in [-0.15, -0.1) is 0 Å². The molecule has 2 aromatic rings. The van der Waals surface area contributed by atoms with E-state index in [9.17, 15) is 4.79 Å². The molecular weight excluding hydrogens is 342 g/mol. The first-order valence-electron chi connectivity index (χ1n) is 6.09. The van der Waals surface area contributed by atoms with Gasteiger partial charge >= 0.3 is 0 Å². The van der Waals surface area contributed by atoms with Crippen LogP contribution in [-0.4, -0.2) is 16.1 Å². The minimum atomic E-state index is -0.283. The van der Waals surface area contributed by atoms with E-state index in [0.717, 1.165) is 10.2 Å². The highest BCUT2D eigenvalue weighted by molar-refractivity contribution is 9.10. The quantitative estimate of drug-likeness (QED) is 0.839. The first kappa shape index (κ1) is 15.1. The maximum atomic E-state index is 12.1. The van der Waals surface area contributed by atoms with Crippen molar-refractivity contribution in [2.45, 2.75) is 26.2 Å². The highest BCUT2D eigenvalue weighted by Gasteiger charge is 2.18. The predicted molar refractivity (Wildman–Crippen MR) is 84.4 cm³/mol. The van der Waals surface area contributed by atoms with Gasteiger partial charge in [-0.25, -0.2) is 0 Å². The van der Waals surface area contributed by atoms with Crippen molar-refractivity contribution in [2.75, 3.05) is 5.32 Å². The summed E-state index contributed by atoms with van der Waals surface area (Å²) in [5.41, 5.74) is 1.32. The summed E-state index contributed by atoms with van der Waals surface area (Å²) >= 11 is 9.35. The molecule has 0 bridgehead atoms. The fourth-order valence-electron chi connectivity index (χ4n) is 1.63. The zero-order valence-electron chi connectivity index (χ0n) is 11.4. The number of aromatic amines is 1. The minimum absolute atomic E-state index is 0.0504. The summed E-state index contributed by atoms with van der Waals surface area (Å²) in [4.78, 5) is 12.1. The SMILES string of the molecule is CC(C)(C)c1cc(NC(=O)c2ccc(Br)cc2Cl)n[nH]1. The number of rotatable bonds is 2. The van der Waals surface area contributed by atoms with Crippen LogP contribution in [0.1, 0.15) is 36.8 Å². The zero-order chi connectivity index (χ0) is 14.9. The lowest BCUT2D eigenvalue weighted by molar-refractivity contribution is 0.102. The van der Waals surface area contributed by atoms with E-state index >= 15 is 0 Å². The van der Waals surface area contributed by atoms with Crippen LogP contribution in [0, 0.1) is 0 Å². The molecule has 1 aromatic heterocycles. The number of amides is 1. The van der Waals surface area contributed by atoms with Gasteiger partial charge in [0.2, 0.25) is 0 Å². The summed E-state index contributed by atoms with van der Waals surface area (Å²) in [6.07, 6.45) is 0. The first-order chi connectivity index (χ1) is 9.27. The van der Waals surface area contributed by atoms with Crippen molar-refractivity contribution in [1.82, 2.24) is 10.2 Å². The van der Waals surface area contributed by atoms with Crippen molar-refractivity contribution >= 4 is 39.3 Å². The van der Waals surface area contributed by atoms with Crippen LogP contribution in [0.25, 0.3) is 0 Å². The molecule has 0 atom stereocenters. The van der Waals surface area contributed by atoms with Crippen molar-refractivity contribution in [3.8, 4) is 0 Å². The van der Waals surface area contributed by atoms with Crippen molar-refractivity contribution in [2.24, 2.45) is 0 Å².